The summed E-state index contributed by atoms with van der Waals surface area (Å²) in [6.07, 6.45) is -1.48. The van der Waals surface area contributed by atoms with Crippen molar-refractivity contribution in [1.29, 1.82) is 0 Å². The molecule has 4 rings (SSSR count). The summed E-state index contributed by atoms with van der Waals surface area (Å²) in [4.78, 5) is 0.698. The lowest BCUT2D eigenvalue weighted by molar-refractivity contribution is -0.178. The Hall–Kier alpha value is -1.61. The third kappa shape index (κ3) is 4.51. The minimum atomic E-state index is -1.42. The molecule has 30 heavy (non-hydrogen) atoms. The second kappa shape index (κ2) is 8.86. The molecule has 2 heterocycles. The van der Waals surface area contributed by atoms with E-state index in [1.54, 1.807) is 7.11 Å². The maximum Gasteiger partial charge on any atom is 0.250 e. The van der Waals surface area contributed by atoms with Gasteiger partial charge in [0.1, 0.15) is 18.0 Å². The first kappa shape index (κ1) is 21.6. The van der Waals surface area contributed by atoms with Gasteiger partial charge < -0.3 is 28.2 Å². The molecule has 2 aromatic carbocycles. The van der Waals surface area contributed by atoms with Gasteiger partial charge in [-0.1, -0.05) is 30.3 Å². The van der Waals surface area contributed by atoms with E-state index in [2.05, 4.69) is 0 Å². The highest BCUT2D eigenvalue weighted by atomic mass is 32.2. The zero-order chi connectivity index (χ0) is 21.3. The van der Waals surface area contributed by atoms with Gasteiger partial charge in [-0.2, -0.15) is 0 Å². The predicted molar refractivity (Wildman–Crippen MR) is 113 cm³/mol. The maximum absolute atomic E-state index is 13.4. The number of benzene rings is 2. The van der Waals surface area contributed by atoms with E-state index in [0.29, 0.717) is 11.5 Å². The normalized spacial score (nSPS) is 31.2. The summed E-state index contributed by atoms with van der Waals surface area (Å²) in [5.74, 6) is 0.0311. The summed E-state index contributed by atoms with van der Waals surface area (Å²) in [6.45, 7) is 6.02. The molecule has 7 heteroatoms. The molecule has 2 aliphatic rings. The lowest BCUT2D eigenvalue weighted by atomic mass is 10.0. The minimum Gasteiger partial charge on any atom is -0.609 e. The molecule has 6 atom stereocenters. The van der Waals surface area contributed by atoms with Crippen molar-refractivity contribution in [2.24, 2.45) is 0 Å². The molecule has 2 unspecified atom stereocenters. The van der Waals surface area contributed by atoms with E-state index in [1.165, 1.54) is 0 Å². The molecule has 0 aromatic heterocycles. The average molecular weight is 433 g/mol. The van der Waals surface area contributed by atoms with Crippen molar-refractivity contribution < 1.29 is 28.2 Å². The van der Waals surface area contributed by atoms with Crippen molar-refractivity contribution in [3.63, 3.8) is 0 Å². The van der Waals surface area contributed by atoms with Crippen LogP contribution < -0.4 is 4.74 Å². The Kier molecular flexibility index (Phi) is 6.39. The predicted octanol–water partition coefficient (Wildman–Crippen LogP) is 3.65. The van der Waals surface area contributed by atoms with Crippen LogP contribution in [0.15, 0.2) is 59.5 Å². The van der Waals surface area contributed by atoms with Crippen LogP contribution in [0.4, 0.5) is 0 Å². The Morgan fingerprint density at radius 2 is 1.67 bits per heavy atom. The summed E-state index contributed by atoms with van der Waals surface area (Å²) < 4.78 is 43.4. The fraction of sp³-hybridized carbons (Fsp3) is 0.478. The van der Waals surface area contributed by atoms with Gasteiger partial charge in [-0.05, 0) is 50.6 Å². The van der Waals surface area contributed by atoms with Gasteiger partial charge >= 0.3 is 0 Å². The highest BCUT2D eigenvalue weighted by molar-refractivity contribution is 7.92. The Morgan fingerprint density at radius 3 is 2.33 bits per heavy atom. The van der Waals surface area contributed by atoms with E-state index in [0.717, 1.165) is 11.3 Å². The molecular formula is C23H28O6S. The summed E-state index contributed by atoms with van der Waals surface area (Å²) in [5, 5.41) is 0. The first-order chi connectivity index (χ1) is 14.4. The molecule has 0 amide bonds. The number of ether oxygens (including phenoxy) is 5. The molecule has 6 nitrogen and oxygen atoms in total. The third-order valence-corrected chi connectivity index (χ3v) is 6.89. The molecule has 0 saturated carbocycles. The first-order valence-corrected chi connectivity index (χ1v) is 11.3. The standard InChI is InChI=1S/C23H28O6S/c1-15-19-20(29-23(2,3)28-19)21(26-14-16-10-12-17(25-4)13-11-16)22(27-15)30(24)18-8-6-5-7-9-18/h5-13,15,19-22H,14H2,1-4H3/t15-,19+,20+,21-,22?,30?/m1/s1. The van der Waals surface area contributed by atoms with E-state index in [1.807, 2.05) is 75.4 Å². The van der Waals surface area contributed by atoms with E-state index in [9.17, 15) is 4.55 Å². The van der Waals surface area contributed by atoms with Gasteiger partial charge in [-0.25, -0.2) is 0 Å². The summed E-state index contributed by atoms with van der Waals surface area (Å²) >= 11 is -1.42. The van der Waals surface area contributed by atoms with Crippen molar-refractivity contribution in [2.45, 2.75) is 67.9 Å². The Balaban J connectivity index is 1.58. The van der Waals surface area contributed by atoms with Crippen molar-refractivity contribution in [2.75, 3.05) is 7.11 Å². The zero-order valence-corrected chi connectivity index (χ0v) is 18.5. The quantitative estimate of drug-likeness (QED) is 0.649. The van der Waals surface area contributed by atoms with Crippen LogP contribution in [0.25, 0.3) is 0 Å². The molecule has 2 aliphatic heterocycles. The van der Waals surface area contributed by atoms with E-state index in [4.69, 9.17) is 23.7 Å². The van der Waals surface area contributed by atoms with Crippen LogP contribution in [0.2, 0.25) is 0 Å². The average Bonchev–Trinajstić information content (AvgIpc) is 3.09. The van der Waals surface area contributed by atoms with Crippen LogP contribution in [0.1, 0.15) is 26.3 Å². The SMILES string of the molecule is COc1ccc(CO[C@H]2C([S+]([O-])c3ccccc3)O[C@H](C)[C@@H]3OC(C)(C)O[C@@H]32)cc1. The third-order valence-electron chi connectivity index (χ3n) is 5.36. The van der Waals surface area contributed by atoms with Crippen LogP contribution in [0.3, 0.4) is 0 Å². The monoisotopic (exact) mass is 432 g/mol. The number of hydrogen-bond donors (Lipinski definition) is 0. The highest BCUT2D eigenvalue weighted by Crippen LogP contribution is 2.41. The van der Waals surface area contributed by atoms with E-state index in [-0.39, 0.29) is 18.3 Å². The minimum absolute atomic E-state index is 0.268. The molecule has 162 valence electrons. The second-order valence-corrected chi connectivity index (χ2v) is 9.54. The summed E-state index contributed by atoms with van der Waals surface area (Å²) in [6, 6.07) is 17.0. The van der Waals surface area contributed by atoms with Gasteiger partial charge in [-0.3, -0.25) is 0 Å². The van der Waals surface area contributed by atoms with Crippen LogP contribution in [-0.2, 0) is 36.7 Å². The number of methoxy groups -OCH3 is 1. The number of rotatable bonds is 6. The molecule has 2 fully saturated rings. The van der Waals surface area contributed by atoms with Gasteiger partial charge in [0.25, 0.3) is 5.44 Å². The molecule has 0 bridgehead atoms. The van der Waals surface area contributed by atoms with Crippen LogP contribution in [-0.4, -0.2) is 47.3 Å². The lowest BCUT2D eigenvalue weighted by Crippen LogP contribution is -2.58. The first-order valence-electron chi connectivity index (χ1n) is 10.1. The lowest BCUT2D eigenvalue weighted by Gasteiger charge is -2.40. The molecule has 0 radical (unpaired) electrons. The van der Waals surface area contributed by atoms with Crippen LogP contribution in [0.5, 0.6) is 5.75 Å². The Bertz CT molecular complexity index is 827. The van der Waals surface area contributed by atoms with Crippen molar-refractivity contribution in [3.05, 3.63) is 60.2 Å². The topological polar surface area (TPSA) is 69.2 Å². The Morgan fingerprint density at radius 1 is 1.00 bits per heavy atom. The van der Waals surface area contributed by atoms with Gasteiger partial charge in [0, 0.05) is 11.2 Å². The van der Waals surface area contributed by atoms with Crippen molar-refractivity contribution in [3.8, 4) is 5.75 Å². The molecular weight excluding hydrogens is 404 g/mol. The molecule has 0 N–H and O–H groups in total. The van der Waals surface area contributed by atoms with Crippen molar-refractivity contribution in [1.82, 2.24) is 0 Å². The fourth-order valence-corrected chi connectivity index (χ4v) is 5.35. The van der Waals surface area contributed by atoms with Crippen LogP contribution >= 0.6 is 0 Å². The van der Waals surface area contributed by atoms with Crippen molar-refractivity contribution >= 4 is 11.2 Å². The zero-order valence-electron chi connectivity index (χ0n) is 17.6. The van der Waals surface area contributed by atoms with Gasteiger partial charge in [0.15, 0.2) is 16.8 Å². The van der Waals surface area contributed by atoms with Gasteiger partial charge in [-0.15, -0.1) is 0 Å². The van der Waals surface area contributed by atoms with E-state index < -0.39 is 28.5 Å². The summed E-state index contributed by atoms with van der Waals surface area (Å²) in [7, 11) is 1.63. The molecule has 0 spiro atoms. The molecule has 2 aromatic rings. The fourth-order valence-electron chi connectivity index (χ4n) is 3.90. The smallest absolute Gasteiger partial charge is 0.250 e. The van der Waals surface area contributed by atoms with Gasteiger partial charge in [0.2, 0.25) is 0 Å². The highest BCUT2D eigenvalue weighted by Gasteiger charge is 2.58. The Labute approximate surface area is 180 Å². The maximum atomic E-state index is 13.4. The van der Waals surface area contributed by atoms with Crippen LogP contribution in [0, 0.1) is 0 Å². The molecule has 0 aliphatic carbocycles. The second-order valence-electron chi connectivity index (χ2n) is 8.01. The number of hydrogen-bond acceptors (Lipinski definition) is 6. The van der Waals surface area contributed by atoms with E-state index >= 15 is 0 Å². The largest absolute Gasteiger partial charge is 0.609 e. The summed E-state index contributed by atoms with van der Waals surface area (Å²) in [5.41, 5.74) is 0.313. The molecule has 2 saturated heterocycles. The number of fused-ring (bicyclic) bond motifs is 1. The van der Waals surface area contributed by atoms with Gasteiger partial charge in [0.05, 0.1) is 19.8 Å².